The molecule has 2 nitrogen and oxygen atoms in total. The molecule has 1 atom stereocenters. The lowest BCUT2D eigenvalue weighted by molar-refractivity contribution is 0.0822. The zero-order valence-electron chi connectivity index (χ0n) is 14.1. The van der Waals surface area contributed by atoms with Crippen LogP contribution in [0.1, 0.15) is 37.7 Å². The van der Waals surface area contributed by atoms with E-state index in [9.17, 15) is 5.11 Å². The molecule has 0 radical (unpaired) electrons. The lowest BCUT2D eigenvalue weighted by Crippen LogP contribution is -2.37. The van der Waals surface area contributed by atoms with E-state index in [1.54, 1.807) is 0 Å². The van der Waals surface area contributed by atoms with Gasteiger partial charge in [0, 0.05) is 18.0 Å². The summed E-state index contributed by atoms with van der Waals surface area (Å²) in [6.45, 7) is 2.39. The third-order valence-corrected chi connectivity index (χ3v) is 6.40. The number of aliphatic hydroxyl groups is 1. The van der Waals surface area contributed by atoms with Crippen molar-refractivity contribution < 1.29 is 5.11 Å². The van der Waals surface area contributed by atoms with Gasteiger partial charge in [0.15, 0.2) is 0 Å². The van der Waals surface area contributed by atoms with Gasteiger partial charge >= 0.3 is 0 Å². The quantitative estimate of drug-likeness (QED) is 0.876. The molecule has 0 amide bonds. The van der Waals surface area contributed by atoms with Crippen LogP contribution in [0, 0.1) is 5.92 Å². The highest BCUT2D eigenvalue weighted by Crippen LogP contribution is 2.33. The maximum atomic E-state index is 9.70. The van der Waals surface area contributed by atoms with Crippen LogP contribution in [-0.4, -0.2) is 35.2 Å². The number of halogens is 1. The van der Waals surface area contributed by atoms with Crippen LogP contribution < -0.4 is 0 Å². The van der Waals surface area contributed by atoms with Crippen molar-refractivity contribution in [1.82, 2.24) is 4.90 Å². The molecule has 0 spiro atoms. The standard InChI is InChI=1S/C21H26ClNO/c22-21-17(6-5-16-3-1-2-4-20(16)21)13-15-11-12-23(14-15)18-7-9-19(24)10-8-18/h1-6,15,18-19,24H,7-14H2. The van der Waals surface area contributed by atoms with Crippen molar-refractivity contribution in [2.75, 3.05) is 13.1 Å². The van der Waals surface area contributed by atoms with Crippen molar-refractivity contribution in [2.24, 2.45) is 5.92 Å². The first-order valence-electron chi connectivity index (χ1n) is 9.29. The summed E-state index contributed by atoms with van der Waals surface area (Å²) in [4.78, 5) is 2.66. The zero-order chi connectivity index (χ0) is 16.5. The fourth-order valence-electron chi connectivity index (χ4n) is 4.53. The fourth-order valence-corrected chi connectivity index (χ4v) is 4.84. The molecular formula is C21H26ClNO. The monoisotopic (exact) mass is 343 g/mol. The summed E-state index contributed by atoms with van der Waals surface area (Å²) < 4.78 is 0. The molecule has 1 unspecified atom stereocenters. The number of hydrogen-bond acceptors (Lipinski definition) is 2. The summed E-state index contributed by atoms with van der Waals surface area (Å²) in [6.07, 6.45) is 6.55. The molecule has 1 aliphatic carbocycles. The Kier molecular flexibility index (Phi) is 4.80. The summed E-state index contributed by atoms with van der Waals surface area (Å²) in [5.41, 5.74) is 1.29. The van der Waals surface area contributed by atoms with Crippen LogP contribution in [0.15, 0.2) is 36.4 Å². The Morgan fingerprint density at radius 2 is 1.79 bits per heavy atom. The van der Waals surface area contributed by atoms with Gasteiger partial charge < -0.3 is 10.0 Å². The van der Waals surface area contributed by atoms with E-state index < -0.39 is 0 Å². The molecule has 2 fully saturated rings. The predicted molar refractivity (Wildman–Crippen MR) is 101 cm³/mol. The Balaban J connectivity index is 1.42. The SMILES string of the molecule is OC1CCC(N2CCC(Cc3ccc4ccccc4c3Cl)C2)CC1. The molecule has 128 valence electrons. The third kappa shape index (κ3) is 3.33. The van der Waals surface area contributed by atoms with Gasteiger partial charge in [0.1, 0.15) is 0 Å². The van der Waals surface area contributed by atoms with Gasteiger partial charge in [-0.3, -0.25) is 0 Å². The molecule has 1 aliphatic heterocycles. The van der Waals surface area contributed by atoms with Crippen molar-refractivity contribution in [3.63, 3.8) is 0 Å². The Morgan fingerprint density at radius 1 is 1.00 bits per heavy atom. The topological polar surface area (TPSA) is 23.5 Å². The highest BCUT2D eigenvalue weighted by molar-refractivity contribution is 6.36. The molecule has 0 bridgehead atoms. The number of aliphatic hydroxyl groups excluding tert-OH is 1. The molecule has 24 heavy (non-hydrogen) atoms. The third-order valence-electron chi connectivity index (χ3n) is 5.95. The van der Waals surface area contributed by atoms with Crippen LogP contribution in [0.5, 0.6) is 0 Å². The number of nitrogens with zero attached hydrogens (tertiary/aromatic N) is 1. The fraction of sp³-hybridized carbons (Fsp3) is 0.524. The highest BCUT2D eigenvalue weighted by Gasteiger charge is 2.31. The maximum absolute atomic E-state index is 9.70. The Labute approximate surface area is 149 Å². The summed E-state index contributed by atoms with van der Waals surface area (Å²) >= 11 is 6.68. The Hall–Kier alpha value is -1.09. The van der Waals surface area contributed by atoms with E-state index in [4.69, 9.17) is 11.6 Å². The van der Waals surface area contributed by atoms with E-state index in [-0.39, 0.29) is 6.10 Å². The number of fused-ring (bicyclic) bond motifs is 1. The zero-order valence-corrected chi connectivity index (χ0v) is 14.9. The molecule has 2 aromatic carbocycles. The van der Waals surface area contributed by atoms with Crippen molar-refractivity contribution in [3.05, 3.63) is 47.0 Å². The van der Waals surface area contributed by atoms with Gasteiger partial charge in [-0.25, -0.2) is 0 Å². The first kappa shape index (κ1) is 16.4. The van der Waals surface area contributed by atoms with Crippen LogP contribution in [-0.2, 0) is 6.42 Å². The molecule has 0 aromatic heterocycles. The average Bonchev–Trinajstić information content (AvgIpc) is 3.07. The molecule has 3 heteroatoms. The molecule has 2 aromatic rings. The molecular weight excluding hydrogens is 318 g/mol. The van der Waals surface area contributed by atoms with Gasteiger partial charge in [-0.2, -0.15) is 0 Å². The lowest BCUT2D eigenvalue weighted by Gasteiger charge is -2.33. The van der Waals surface area contributed by atoms with E-state index in [0.29, 0.717) is 12.0 Å². The lowest BCUT2D eigenvalue weighted by atomic mass is 9.92. The van der Waals surface area contributed by atoms with Crippen LogP contribution in [0.4, 0.5) is 0 Å². The summed E-state index contributed by atoms with van der Waals surface area (Å²) in [7, 11) is 0. The Bertz CT molecular complexity index is 708. The summed E-state index contributed by atoms with van der Waals surface area (Å²) in [6, 6.07) is 13.5. The average molecular weight is 344 g/mol. The van der Waals surface area contributed by atoms with Crippen molar-refractivity contribution in [2.45, 2.75) is 50.7 Å². The maximum Gasteiger partial charge on any atom is 0.0541 e. The largest absolute Gasteiger partial charge is 0.393 e. The van der Waals surface area contributed by atoms with Crippen molar-refractivity contribution in [3.8, 4) is 0 Å². The predicted octanol–water partition coefficient (Wildman–Crippen LogP) is 4.66. The van der Waals surface area contributed by atoms with Crippen LogP contribution in [0.3, 0.4) is 0 Å². The van der Waals surface area contributed by atoms with E-state index in [0.717, 1.165) is 37.1 Å². The van der Waals surface area contributed by atoms with Gasteiger partial charge in [-0.15, -0.1) is 0 Å². The molecule has 1 heterocycles. The van der Waals surface area contributed by atoms with Gasteiger partial charge in [-0.05, 0) is 61.9 Å². The van der Waals surface area contributed by atoms with Gasteiger partial charge in [0.2, 0.25) is 0 Å². The second-order valence-corrected chi connectivity index (χ2v) is 7.95. The van der Waals surface area contributed by atoms with Gasteiger partial charge in [-0.1, -0.05) is 48.0 Å². The van der Waals surface area contributed by atoms with Crippen molar-refractivity contribution >= 4 is 22.4 Å². The molecule has 2 aliphatic rings. The van der Waals surface area contributed by atoms with E-state index >= 15 is 0 Å². The number of likely N-dealkylation sites (tertiary alicyclic amines) is 1. The number of rotatable bonds is 3. The van der Waals surface area contributed by atoms with E-state index in [1.165, 1.54) is 35.8 Å². The molecule has 1 saturated carbocycles. The Morgan fingerprint density at radius 3 is 2.62 bits per heavy atom. The number of benzene rings is 2. The smallest absolute Gasteiger partial charge is 0.0541 e. The van der Waals surface area contributed by atoms with Gasteiger partial charge in [0.25, 0.3) is 0 Å². The minimum absolute atomic E-state index is 0.0592. The molecule has 1 saturated heterocycles. The second kappa shape index (κ2) is 7.03. The highest BCUT2D eigenvalue weighted by atomic mass is 35.5. The second-order valence-electron chi connectivity index (χ2n) is 7.58. The first-order chi connectivity index (χ1) is 11.7. The summed E-state index contributed by atoms with van der Waals surface area (Å²) in [5.74, 6) is 0.704. The minimum atomic E-state index is -0.0592. The normalized spacial score (nSPS) is 28.5. The van der Waals surface area contributed by atoms with Crippen LogP contribution in [0.25, 0.3) is 10.8 Å². The van der Waals surface area contributed by atoms with Crippen molar-refractivity contribution in [1.29, 1.82) is 0 Å². The van der Waals surface area contributed by atoms with E-state index in [1.807, 2.05) is 0 Å². The summed E-state index contributed by atoms with van der Waals surface area (Å²) in [5, 5.41) is 13.0. The van der Waals surface area contributed by atoms with Crippen LogP contribution >= 0.6 is 11.6 Å². The molecule has 1 N–H and O–H groups in total. The van der Waals surface area contributed by atoms with E-state index in [2.05, 4.69) is 41.3 Å². The van der Waals surface area contributed by atoms with Gasteiger partial charge in [0.05, 0.1) is 11.1 Å². The molecule has 4 rings (SSSR count). The minimum Gasteiger partial charge on any atom is -0.393 e. The van der Waals surface area contributed by atoms with Crippen LogP contribution in [0.2, 0.25) is 5.02 Å². The first-order valence-corrected chi connectivity index (χ1v) is 9.67. The number of hydrogen-bond donors (Lipinski definition) is 1.